The molecule has 0 saturated carbocycles. The van der Waals surface area contributed by atoms with Crippen LogP contribution in [0.25, 0.3) is 0 Å². The summed E-state index contributed by atoms with van der Waals surface area (Å²) < 4.78 is 4.98. The lowest BCUT2D eigenvalue weighted by molar-refractivity contribution is 0.372. The van der Waals surface area contributed by atoms with E-state index in [2.05, 4.69) is 20.7 Å². The number of aromatic nitrogens is 3. The van der Waals surface area contributed by atoms with Gasteiger partial charge in [0.15, 0.2) is 0 Å². The van der Waals surface area contributed by atoms with E-state index < -0.39 is 0 Å². The van der Waals surface area contributed by atoms with Crippen molar-refractivity contribution in [3.8, 4) is 0 Å². The molecule has 0 aliphatic carbocycles. The number of hydrogen-bond donors (Lipinski definition) is 2. The Labute approximate surface area is 87.9 Å². The first-order valence-corrected chi connectivity index (χ1v) is 4.88. The molecule has 0 atom stereocenters. The highest BCUT2D eigenvalue weighted by molar-refractivity contribution is 5.22. The molecular weight excluding hydrogens is 192 g/mol. The smallest absolute Gasteiger partial charge is 0.150 e. The third-order valence-electron chi connectivity index (χ3n) is 2.37. The summed E-state index contributed by atoms with van der Waals surface area (Å²) in [5.74, 6) is 0.841. The normalized spacial score (nSPS) is 10.8. The average Bonchev–Trinajstić information content (AvgIpc) is 2.82. The molecule has 0 unspecified atom stereocenters. The van der Waals surface area contributed by atoms with E-state index in [1.807, 2.05) is 19.9 Å². The van der Waals surface area contributed by atoms with Crippen LogP contribution in [-0.2, 0) is 13.1 Å². The Kier molecular flexibility index (Phi) is 2.82. The zero-order valence-corrected chi connectivity index (χ0v) is 8.87. The van der Waals surface area contributed by atoms with Crippen LogP contribution < -0.4 is 5.32 Å². The summed E-state index contributed by atoms with van der Waals surface area (Å²) in [5.41, 5.74) is 3.37. The monoisotopic (exact) mass is 206 g/mol. The quantitative estimate of drug-likeness (QED) is 0.791. The average molecular weight is 206 g/mol. The number of H-pyrrole nitrogens is 1. The van der Waals surface area contributed by atoms with Crippen LogP contribution in [0.3, 0.4) is 0 Å². The van der Waals surface area contributed by atoms with Gasteiger partial charge in [0, 0.05) is 23.9 Å². The largest absolute Gasteiger partial charge is 0.360 e. The van der Waals surface area contributed by atoms with Crippen LogP contribution in [-0.4, -0.2) is 15.4 Å². The van der Waals surface area contributed by atoms with Gasteiger partial charge in [-0.2, -0.15) is 5.10 Å². The van der Waals surface area contributed by atoms with Crippen molar-refractivity contribution in [3.63, 3.8) is 0 Å². The molecule has 5 nitrogen and oxygen atoms in total. The molecule has 2 heterocycles. The summed E-state index contributed by atoms with van der Waals surface area (Å²) in [7, 11) is 0. The zero-order valence-electron chi connectivity index (χ0n) is 8.87. The van der Waals surface area contributed by atoms with Crippen molar-refractivity contribution in [1.29, 1.82) is 0 Å². The standard InChI is InChI=1S/C10H14N4O/c1-7-10(8(2)14-13-7)6-11-5-9-3-4-12-15-9/h3-4,11H,5-6H2,1-2H3,(H,13,14). The van der Waals surface area contributed by atoms with Crippen LogP contribution in [0.5, 0.6) is 0 Å². The van der Waals surface area contributed by atoms with Crippen LogP contribution in [0.2, 0.25) is 0 Å². The van der Waals surface area contributed by atoms with E-state index in [1.165, 1.54) is 5.56 Å². The van der Waals surface area contributed by atoms with Crippen LogP contribution in [0, 0.1) is 13.8 Å². The Morgan fingerprint density at radius 3 is 2.87 bits per heavy atom. The van der Waals surface area contributed by atoms with Gasteiger partial charge in [0.2, 0.25) is 0 Å². The van der Waals surface area contributed by atoms with Gasteiger partial charge < -0.3 is 9.84 Å². The zero-order chi connectivity index (χ0) is 10.7. The van der Waals surface area contributed by atoms with Crippen LogP contribution >= 0.6 is 0 Å². The van der Waals surface area contributed by atoms with E-state index in [9.17, 15) is 0 Å². The summed E-state index contributed by atoms with van der Waals surface area (Å²) in [6, 6.07) is 1.85. The van der Waals surface area contributed by atoms with Gasteiger partial charge in [-0.1, -0.05) is 5.16 Å². The molecule has 80 valence electrons. The second-order valence-electron chi connectivity index (χ2n) is 3.49. The van der Waals surface area contributed by atoms with Crippen molar-refractivity contribution in [3.05, 3.63) is 35.0 Å². The number of hydrogen-bond acceptors (Lipinski definition) is 4. The molecule has 0 aliphatic rings. The predicted molar refractivity (Wildman–Crippen MR) is 55.1 cm³/mol. The molecule has 5 heteroatoms. The molecule has 0 spiro atoms. The fourth-order valence-corrected chi connectivity index (χ4v) is 1.48. The second kappa shape index (κ2) is 4.27. The summed E-state index contributed by atoms with van der Waals surface area (Å²) in [6.45, 7) is 5.49. The summed E-state index contributed by atoms with van der Waals surface area (Å²) >= 11 is 0. The van der Waals surface area contributed by atoms with Gasteiger partial charge in [0.05, 0.1) is 18.4 Å². The Morgan fingerprint density at radius 1 is 1.40 bits per heavy atom. The summed E-state index contributed by atoms with van der Waals surface area (Å²) in [5, 5.41) is 14.0. The third kappa shape index (κ3) is 2.24. The lowest BCUT2D eigenvalue weighted by Gasteiger charge is -2.02. The molecule has 2 aromatic heterocycles. The van der Waals surface area contributed by atoms with Gasteiger partial charge in [-0.15, -0.1) is 0 Å². The Balaban J connectivity index is 1.89. The van der Waals surface area contributed by atoms with Gasteiger partial charge >= 0.3 is 0 Å². The molecule has 0 fully saturated rings. The predicted octanol–water partition coefficient (Wildman–Crippen LogP) is 1.30. The second-order valence-corrected chi connectivity index (χ2v) is 3.49. The minimum Gasteiger partial charge on any atom is -0.360 e. The first kappa shape index (κ1) is 9.92. The fraction of sp³-hybridized carbons (Fsp3) is 0.400. The van der Waals surface area contributed by atoms with Gasteiger partial charge in [-0.05, 0) is 13.8 Å². The number of aryl methyl sites for hydroxylation is 2. The van der Waals surface area contributed by atoms with Crippen molar-refractivity contribution in [2.75, 3.05) is 0 Å². The van der Waals surface area contributed by atoms with Crippen LogP contribution in [0.1, 0.15) is 22.7 Å². The topological polar surface area (TPSA) is 66.7 Å². The third-order valence-corrected chi connectivity index (χ3v) is 2.37. The lowest BCUT2D eigenvalue weighted by Crippen LogP contribution is -2.13. The fourth-order valence-electron chi connectivity index (χ4n) is 1.48. The minimum absolute atomic E-state index is 0.685. The summed E-state index contributed by atoms with van der Waals surface area (Å²) in [4.78, 5) is 0. The Hall–Kier alpha value is -1.62. The molecule has 0 bridgehead atoms. The molecule has 0 amide bonds. The number of nitrogens with zero attached hydrogens (tertiary/aromatic N) is 2. The first-order valence-electron chi connectivity index (χ1n) is 4.88. The van der Waals surface area contributed by atoms with E-state index in [1.54, 1.807) is 6.20 Å². The van der Waals surface area contributed by atoms with Crippen molar-refractivity contribution in [2.45, 2.75) is 26.9 Å². The molecule has 15 heavy (non-hydrogen) atoms. The highest BCUT2D eigenvalue weighted by Gasteiger charge is 2.05. The number of nitrogens with one attached hydrogen (secondary N) is 2. The molecular formula is C10H14N4O. The van der Waals surface area contributed by atoms with Crippen molar-refractivity contribution in [1.82, 2.24) is 20.7 Å². The molecule has 0 saturated heterocycles. The molecule has 2 aromatic rings. The van der Waals surface area contributed by atoms with Gasteiger partial charge in [0.25, 0.3) is 0 Å². The van der Waals surface area contributed by atoms with E-state index in [0.29, 0.717) is 6.54 Å². The highest BCUT2D eigenvalue weighted by atomic mass is 16.5. The lowest BCUT2D eigenvalue weighted by atomic mass is 10.2. The van der Waals surface area contributed by atoms with Crippen LogP contribution in [0.4, 0.5) is 0 Å². The van der Waals surface area contributed by atoms with Crippen LogP contribution in [0.15, 0.2) is 16.8 Å². The summed E-state index contributed by atoms with van der Waals surface area (Å²) in [6.07, 6.45) is 1.64. The van der Waals surface area contributed by atoms with E-state index in [4.69, 9.17) is 4.52 Å². The first-order chi connectivity index (χ1) is 7.27. The maximum absolute atomic E-state index is 4.98. The molecule has 0 aromatic carbocycles. The SMILES string of the molecule is Cc1n[nH]c(C)c1CNCc1ccno1. The Bertz CT molecular complexity index is 399. The van der Waals surface area contributed by atoms with Crippen molar-refractivity contribution in [2.24, 2.45) is 0 Å². The number of aromatic amines is 1. The molecule has 2 rings (SSSR count). The van der Waals surface area contributed by atoms with Crippen molar-refractivity contribution >= 4 is 0 Å². The maximum Gasteiger partial charge on any atom is 0.150 e. The molecule has 0 aliphatic heterocycles. The maximum atomic E-state index is 4.98. The van der Waals surface area contributed by atoms with Gasteiger partial charge in [-0.25, -0.2) is 0 Å². The minimum atomic E-state index is 0.685. The Morgan fingerprint density at radius 2 is 2.27 bits per heavy atom. The highest BCUT2D eigenvalue weighted by Crippen LogP contribution is 2.08. The van der Waals surface area contributed by atoms with Crippen molar-refractivity contribution < 1.29 is 4.52 Å². The van der Waals surface area contributed by atoms with E-state index in [0.717, 1.165) is 23.7 Å². The van der Waals surface area contributed by atoms with Gasteiger partial charge in [-0.3, -0.25) is 5.10 Å². The van der Waals surface area contributed by atoms with E-state index >= 15 is 0 Å². The van der Waals surface area contributed by atoms with E-state index in [-0.39, 0.29) is 0 Å². The molecule has 2 N–H and O–H groups in total. The molecule has 0 radical (unpaired) electrons. The van der Waals surface area contributed by atoms with Gasteiger partial charge in [0.1, 0.15) is 5.76 Å². The number of rotatable bonds is 4.